The number of hydrogen-bond donors (Lipinski definition) is 3. The topological polar surface area (TPSA) is 101 Å². The van der Waals surface area contributed by atoms with Crippen molar-refractivity contribution >= 4 is 34.4 Å². The third-order valence-corrected chi connectivity index (χ3v) is 7.23. The van der Waals surface area contributed by atoms with Gasteiger partial charge in [-0.05, 0) is 37.3 Å². The van der Waals surface area contributed by atoms with Crippen LogP contribution in [0, 0.1) is 0 Å². The van der Waals surface area contributed by atoms with Crippen molar-refractivity contribution < 1.29 is 9.53 Å². The van der Waals surface area contributed by atoms with Gasteiger partial charge in [-0.25, -0.2) is 15.0 Å². The van der Waals surface area contributed by atoms with Gasteiger partial charge in [0.1, 0.15) is 5.03 Å². The molecule has 1 amide bonds. The van der Waals surface area contributed by atoms with E-state index in [1.165, 1.54) is 17.3 Å². The minimum absolute atomic E-state index is 0.0175. The number of anilines is 1. The van der Waals surface area contributed by atoms with Gasteiger partial charge in [0.2, 0.25) is 11.8 Å². The van der Waals surface area contributed by atoms with E-state index in [0.717, 1.165) is 53.9 Å². The van der Waals surface area contributed by atoms with Crippen molar-refractivity contribution in [2.45, 2.75) is 55.9 Å². The number of thioether (sulfide) groups is 1. The van der Waals surface area contributed by atoms with Crippen molar-refractivity contribution in [3.8, 4) is 5.88 Å². The normalized spacial score (nSPS) is 20.3. The van der Waals surface area contributed by atoms with Crippen molar-refractivity contribution in [3.63, 3.8) is 0 Å². The maximum Gasteiger partial charge on any atom is 0.236 e. The standard InChI is InChI=1S/C24H28N6O2S/c1-32-21-10-5-15-3-2-4-16(22(15)30-21)11-25-17-6-8-18(9-7-17)26-12-19-13-27-24-23(28-19)29-20(31)14-33-24/h2-5,10,13,17-18,25-26H,6-9,11-12,14H2,1H3,(H,28,29,31). The summed E-state index contributed by atoms with van der Waals surface area (Å²) in [7, 11) is 1.65. The molecular formula is C24H28N6O2S. The zero-order chi connectivity index (χ0) is 22.6. The Bertz CT molecular complexity index is 1150. The number of nitrogens with one attached hydrogen (secondary N) is 3. The molecule has 3 heterocycles. The van der Waals surface area contributed by atoms with Crippen LogP contribution in [0.25, 0.3) is 10.9 Å². The third kappa shape index (κ3) is 5.26. The van der Waals surface area contributed by atoms with Gasteiger partial charge in [-0.1, -0.05) is 30.0 Å². The second-order valence-electron chi connectivity index (χ2n) is 8.50. The first-order valence-corrected chi connectivity index (χ1v) is 12.3. The molecule has 2 aliphatic rings. The van der Waals surface area contributed by atoms with Crippen LogP contribution in [0.5, 0.6) is 5.88 Å². The number of carbonyl (C=O) groups excluding carboxylic acids is 1. The van der Waals surface area contributed by atoms with Crippen molar-refractivity contribution in [2.75, 3.05) is 18.2 Å². The number of amides is 1. The van der Waals surface area contributed by atoms with Crippen molar-refractivity contribution in [1.82, 2.24) is 25.6 Å². The Morgan fingerprint density at radius 1 is 1.06 bits per heavy atom. The molecule has 172 valence electrons. The van der Waals surface area contributed by atoms with Crippen LogP contribution in [0.15, 0.2) is 41.6 Å². The fourth-order valence-corrected chi connectivity index (χ4v) is 5.14. The molecule has 8 nitrogen and oxygen atoms in total. The lowest BCUT2D eigenvalue weighted by molar-refractivity contribution is -0.113. The molecule has 0 bridgehead atoms. The lowest BCUT2D eigenvalue weighted by Gasteiger charge is -2.30. The van der Waals surface area contributed by atoms with E-state index in [1.807, 2.05) is 6.07 Å². The summed E-state index contributed by atoms with van der Waals surface area (Å²) in [6.45, 7) is 1.46. The molecule has 5 rings (SSSR count). The number of ether oxygens (including phenoxy) is 1. The average Bonchev–Trinajstić information content (AvgIpc) is 2.86. The highest BCUT2D eigenvalue weighted by Crippen LogP contribution is 2.27. The van der Waals surface area contributed by atoms with E-state index >= 15 is 0 Å². The van der Waals surface area contributed by atoms with Crippen LogP contribution in [0.2, 0.25) is 0 Å². The Hall–Kier alpha value is -2.75. The first kappa shape index (κ1) is 22.1. The maximum atomic E-state index is 11.6. The number of fused-ring (bicyclic) bond motifs is 2. The largest absolute Gasteiger partial charge is 0.481 e. The number of hydrogen-bond acceptors (Lipinski definition) is 8. The van der Waals surface area contributed by atoms with Crippen LogP contribution in [0.4, 0.5) is 5.82 Å². The van der Waals surface area contributed by atoms with E-state index < -0.39 is 0 Å². The predicted octanol–water partition coefficient (Wildman–Crippen LogP) is 3.27. The number of nitrogens with zero attached hydrogens (tertiary/aromatic N) is 3. The van der Waals surface area contributed by atoms with Crippen LogP contribution >= 0.6 is 11.8 Å². The molecule has 33 heavy (non-hydrogen) atoms. The molecule has 1 aliphatic heterocycles. The Labute approximate surface area is 197 Å². The predicted molar refractivity (Wildman–Crippen MR) is 129 cm³/mol. The molecule has 0 unspecified atom stereocenters. The van der Waals surface area contributed by atoms with E-state index in [4.69, 9.17) is 4.74 Å². The Morgan fingerprint density at radius 2 is 1.85 bits per heavy atom. The van der Waals surface area contributed by atoms with Crippen molar-refractivity contribution in [1.29, 1.82) is 0 Å². The van der Waals surface area contributed by atoms with Gasteiger partial charge in [0, 0.05) is 36.6 Å². The number of benzene rings is 1. The first-order chi connectivity index (χ1) is 16.2. The van der Waals surface area contributed by atoms with E-state index in [-0.39, 0.29) is 5.91 Å². The van der Waals surface area contributed by atoms with Crippen LogP contribution < -0.4 is 20.7 Å². The lowest BCUT2D eigenvalue weighted by atomic mass is 9.91. The minimum atomic E-state index is -0.0175. The van der Waals surface area contributed by atoms with Gasteiger partial charge < -0.3 is 20.7 Å². The molecule has 0 atom stereocenters. The fraction of sp³-hybridized carbons (Fsp3) is 0.417. The van der Waals surface area contributed by atoms with E-state index in [1.54, 1.807) is 13.3 Å². The van der Waals surface area contributed by atoms with Crippen molar-refractivity contribution in [2.24, 2.45) is 0 Å². The summed E-state index contributed by atoms with van der Waals surface area (Å²) < 4.78 is 5.30. The molecule has 1 fully saturated rings. The van der Waals surface area contributed by atoms with Crippen molar-refractivity contribution in [3.05, 3.63) is 47.8 Å². The molecule has 0 radical (unpaired) electrons. The highest BCUT2D eigenvalue weighted by atomic mass is 32.2. The highest BCUT2D eigenvalue weighted by molar-refractivity contribution is 8.00. The van der Waals surface area contributed by atoms with Gasteiger partial charge in [-0.3, -0.25) is 4.79 Å². The van der Waals surface area contributed by atoms with Gasteiger partial charge in [-0.2, -0.15) is 0 Å². The third-order valence-electron chi connectivity index (χ3n) is 6.25. The monoisotopic (exact) mass is 464 g/mol. The Balaban J connectivity index is 1.11. The minimum Gasteiger partial charge on any atom is -0.481 e. The first-order valence-electron chi connectivity index (χ1n) is 11.4. The molecule has 1 aromatic carbocycles. The lowest BCUT2D eigenvalue weighted by Crippen LogP contribution is -2.39. The number of aromatic nitrogens is 3. The molecule has 3 N–H and O–H groups in total. The van der Waals surface area contributed by atoms with Crippen LogP contribution in [-0.4, -0.2) is 45.8 Å². The van der Waals surface area contributed by atoms with Crippen LogP contribution in [0.1, 0.15) is 36.9 Å². The molecule has 0 spiro atoms. The summed E-state index contributed by atoms with van der Waals surface area (Å²) >= 11 is 1.43. The van der Waals surface area contributed by atoms with E-state index in [2.05, 4.69) is 55.2 Å². The van der Waals surface area contributed by atoms with Crippen LogP contribution in [-0.2, 0) is 17.9 Å². The van der Waals surface area contributed by atoms with E-state index in [0.29, 0.717) is 36.1 Å². The zero-order valence-corrected chi connectivity index (χ0v) is 19.5. The molecule has 0 saturated heterocycles. The van der Waals surface area contributed by atoms with Gasteiger partial charge in [0.15, 0.2) is 5.82 Å². The molecule has 2 aromatic heterocycles. The van der Waals surface area contributed by atoms with Gasteiger partial charge in [0.25, 0.3) is 0 Å². The molecule has 1 saturated carbocycles. The van der Waals surface area contributed by atoms with Gasteiger partial charge in [-0.15, -0.1) is 0 Å². The number of carbonyl (C=O) groups is 1. The quantitative estimate of drug-likeness (QED) is 0.490. The summed E-state index contributed by atoms with van der Waals surface area (Å²) in [4.78, 5) is 25.2. The second kappa shape index (κ2) is 10.0. The number of rotatable bonds is 7. The van der Waals surface area contributed by atoms with E-state index in [9.17, 15) is 4.79 Å². The fourth-order valence-electron chi connectivity index (χ4n) is 4.44. The van der Waals surface area contributed by atoms with Gasteiger partial charge >= 0.3 is 0 Å². The summed E-state index contributed by atoms with van der Waals surface area (Å²) in [6.07, 6.45) is 6.29. The summed E-state index contributed by atoms with van der Waals surface area (Å²) in [6, 6.07) is 11.2. The molecule has 3 aromatic rings. The zero-order valence-electron chi connectivity index (χ0n) is 18.6. The molecule has 9 heteroatoms. The highest BCUT2D eigenvalue weighted by Gasteiger charge is 2.22. The Kier molecular flexibility index (Phi) is 6.70. The summed E-state index contributed by atoms with van der Waals surface area (Å²) in [5.41, 5.74) is 3.05. The smallest absolute Gasteiger partial charge is 0.236 e. The number of methoxy groups -OCH3 is 1. The van der Waals surface area contributed by atoms with Crippen LogP contribution in [0.3, 0.4) is 0 Å². The molecule has 1 aliphatic carbocycles. The van der Waals surface area contributed by atoms with Gasteiger partial charge in [0.05, 0.1) is 30.3 Å². The number of pyridine rings is 1. The SMILES string of the molecule is COc1ccc2cccc(CNC3CCC(NCc4cnc5c(n4)NC(=O)CS5)CC3)c2n1. The molecular weight excluding hydrogens is 436 g/mol. The maximum absolute atomic E-state index is 11.6. The summed E-state index contributed by atoms with van der Waals surface area (Å²) in [5.74, 6) is 1.62. The summed E-state index contributed by atoms with van der Waals surface area (Å²) in [5, 5.41) is 12.1. The Morgan fingerprint density at radius 3 is 2.64 bits per heavy atom. The second-order valence-corrected chi connectivity index (χ2v) is 9.47. The number of para-hydroxylation sites is 1. The average molecular weight is 465 g/mol.